The second-order valence-corrected chi connectivity index (χ2v) is 19.7. The van der Waals surface area contributed by atoms with Gasteiger partial charge in [0, 0.05) is 116 Å². The standard InChI is InChI=1S/C49H56ClF2N11O4/c1-29(64)61-17-13-40-38(28-61)43(62-14-7-8-30-20-36(33-26-56-59(6)27-33)37(42(51)52)22-41(30)62)58-63(40)18-19-66-34-11-15-60(16-12-34)47-54-24-32(25-55-47)44(65)57-45-48(2,3)46(49(45,4)5)67-35-10-9-31(23-53)39(50)21-35/h9-10,20-22,24-27,34,42,45-46H,7-8,11-19,28H2,1-6H3,(H,57,65). The van der Waals surface area contributed by atoms with Gasteiger partial charge in [0.15, 0.2) is 5.82 Å². The van der Waals surface area contributed by atoms with Crippen molar-refractivity contribution in [3.05, 3.63) is 93.7 Å². The van der Waals surface area contributed by atoms with Crippen molar-refractivity contribution in [2.75, 3.05) is 42.6 Å². The number of piperidine rings is 1. The van der Waals surface area contributed by atoms with Crippen molar-refractivity contribution in [1.82, 2.24) is 39.7 Å². The molecule has 5 aromatic rings. The minimum absolute atomic E-state index is 0.0159. The smallest absolute Gasteiger partial charge is 0.264 e. The minimum Gasteiger partial charge on any atom is -0.489 e. The van der Waals surface area contributed by atoms with Crippen molar-refractivity contribution in [3.63, 3.8) is 0 Å². The van der Waals surface area contributed by atoms with Crippen LogP contribution >= 0.6 is 11.6 Å². The van der Waals surface area contributed by atoms with E-state index in [2.05, 4.69) is 63.9 Å². The van der Waals surface area contributed by atoms with E-state index in [1.165, 1.54) is 0 Å². The number of halogens is 3. The number of fused-ring (bicyclic) bond motifs is 2. The van der Waals surface area contributed by atoms with E-state index in [4.69, 9.17) is 26.2 Å². The van der Waals surface area contributed by atoms with Gasteiger partial charge in [-0.1, -0.05) is 39.3 Å². The Balaban J connectivity index is 0.812. The zero-order chi connectivity index (χ0) is 47.4. The molecule has 15 nitrogen and oxygen atoms in total. The number of aryl methyl sites for hydroxylation is 2. The highest BCUT2D eigenvalue weighted by atomic mass is 35.5. The molecule has 2 amide bonds. The summed E-state index contributed by atoms with van der Waals surface area (Å²) in [5.41, 5.74) is 4.70. The summed E-state index contributed by atoms with van der Waals surface area (Å²) in [6, 6.07) is 10.4. The fourth-order valence-corrected chi connectivity index (χ4v) is 11.2. The summed E-state index contributed by atoms with van der Waals surface area (Å²) >= 11 is 6.26. The van der Waals surface area contributed by atoms with Crippen LogP contribution in [0.5, 0.6) is 5.75 Å². The van der Waals surface area contributed by atoms with Crippen molar-refractivity contribution < 1.29 is 27.8 Å². The van der Waals surface area contributed by atoms with Crippen LogP contribution in [-0.2, 0) is 42.5 Å². The molecule has 2 fully saturated rings. The van der Waals surface area contributed by atoms with Gasteiger partial charge in [-0.3, -0.25) is 19.0 Å². The highest BCUT2D eigenvalue weighted by molar-refractivity contribution is 6.31. The number of hydrogen-bond acceptors (Lipinski definition) is 11. The molecule has 67 heavy (non-hydrogen) atoms. The normalized spacial score (nSPS) is 19.9. The van der Waals surface area contributed by atoms with Crippen molar-refractivity contribution in [2.24, 2.45) is 17.9 Å². The van der Waals surface area contributed by atoms with Gasteiger partial charge >= 0.3 is 0 Å². The zero-order valence-corrected chi connectivity index (χ0v) is 39.5. The van der Waals surface area contributed by atoms with E-state index in [0.717, 1.165) is 48.2 Å². The van der Waals surface area contributed by atoms with Crippen molar-refractivity contribution >= 4 is 40.9 Å². The third kappa shape index (κ3) is 8.81. The molecular formula is C49H56ClF2N11O4. The number of nitrogens with zero attached hydrogens (tertiary/aromatic N) is 10. The van der Waals surface area contributed by atoms with Crippen LogP contribution in [0.3, 0.4) is 0 Å². The minimum atomic E-state index is -2.68. The van der Waals surface area contributed by atoms with Gasteiger partial charge in [0.2, 0.25) is 11.9 Å². The third-order valence-electron chi connectivity index (χ3n) is 14.1. The summed E-state index contributed by atoms with van der Waals surface area (Å²) in [5, 5.41) is 22.1. The summed E-state index contributed by atoms with van der Waals surface area (Å²) in [6.45, 7) is 13.7. The van der Waals surface area contributed by atoms with Crippen LogP contribution in [0, 0.1) is 22.2 Å². The van der Waals surface area contributed by atoms with Crippen LogP contribution in [0.2, 0.25) is 5.02 Å². The number of nitriles is 1. The molecule has 18 heteroatoms. The molecule has 2 aromatic carbocycles. The Morgan fingerprint density at radius 2 is 1.76 bits per heavy atom. The molecule has 3 aromatic heterocycles. The lowest BCUT2D eigenvalue weighted by molar-refractivity contribution is -0.164. The van der Waals surface area contributed by atoms with E-state index in [0.29, 0.717) is 97.1 Å². The number of alkyl halides is 2. The number of carbonyl (C=O) groups is 2. The zero-order valence-electron chi connectivity index (χ0n) is 38.7. The number of nitrogens with one attached hydrogen (secondary N) is 1. The van der Waals surface area contributed by atoms with E-state index in [-0.39, 0.29) is 35.6 Å². The van der Waals surface area contributed by atoms with E-state index < -0.39 is 17.3 Å². The molecule has 352 valence electrons. The first-order valence-electron chi connectivity index (χ1n) is 22.9. The quantitative estimate of drug-likeness (QED) is 0.130. The highest BCUT2D eigenvalue weighted by Crippen LogP contribution is 2.56. The van der Waals surface area contributed by atoms with Gasteiger partial charge in [0.25, 0.3) is 12.3 Å². The average Bonchev–Trinajstić information content (AvgIpc) is 3.92. The van der Waals surface area contributed by atoms with Crippen molar-refractivity contribution in [3.8, 4) is 22.9 Å². The second kappa shape index (κ2) is 18.2. The Morgan fingerprint density at radius 3 is 2.42 bits per heavy atom. The lowest BCUT2D eigenvalue weighted by atomic mass is 9.49. The molecule has 0 bridgehead atoms. The lowest BCUT2D eigenvalue weighted by Crippen LogP contribution is -2.74. The first-order chi connectivity index (χ1) is 32.0. The molecule has 1 aliphatic carbocycles. The summed E-state index contributed by atoms with van der Waals surface area (Å²) in [6.07, 6.45) is 7.37. The summed E-state index contributed by atoms with van der Waals surface area (Å²) in [4.78, 5) is 41.3. The predicted octanol–water partition coefficient (Wildman–Crippen LogP) is 7.82. The maximum atomic E-state index is 14.7. The SMILES string of the molecule is CC(=O)N1CCc2c(c(N3CCCc4cc(-c5cnn(C)c5)c(C(F)F)cc43)nn2CCOC2CCN(c3ncc(C(=O)NC4C(C)(C)C(Oc5ccc(C#N)c(Cl)c5)C4(C)C)cn3)CC2)C1. The number of ether oxygens (including phenoxy) is 2. The van der Waals surface area contributed by atoms with E-state index in [1.54, 1.807) is 67.7 Å². The van der Waals surface area contributed by atoms with Crippen LogP contribution in [0.25, 0.3) is 11.1 Å². The molecule has 4 aliphatic rings. The molecule has 9 rings (SSSR count). The Hall–Kier alpha value is -6.12. The topological polar surface area (TPSA) is 160 Å². The van der Waals surface area contributed by atoms with Crippen LogP contribution < -0.4 is 19.9 Å². The molecule has 3 aliphatic heterocycles. The molecule has 1 saturated heterocycles. The molecule has 0 radical (unpaired) electrons. The number of hydrogen-bond donors (Lipinski definition) is 1. The molecule has 0 spiro atoms. The Bertz CT molecular complexity index is 2710. The molecule has 1 saturated carbocycles. The monoisotopic (exact) mass is 935 g/mol. The van der Waals surface area contributed by atoms with E-state index in [1.807, 2.05) is 15.6 Å². The molecule has 1 N–H and O–H groups in total. The Morgan fingerprint density at radius 1 is 1.01 bits per heavy atom. The van der Waals surface area contributed by atoms with Crippen molar-refractivity contribution in [1.29, 1.82) is 5.26 Å². The number of rotatable bonds is 12. The fraction of sp³-hybridized carbons (Fsp3) is 0.490. The fourth-order valence-electron chi connectivity index (χ4n) is 10.9. The van der Waals surface area contributed by atoms with Gasteiger partial charge in [-0.2, -0.15) is 15.5 Å². The number of anilines is 3. The first-order valence-corrected chi connectivity index (χ1v) is 23.3. The van der Waals surface area contributed by atoms with Gasteiger partial charge in [-0.05, 0) is 61.1 Å². The molecule has 0 atom stereocenters. The summed E-state index contributed by atoms with van der Waals surface area (Å²) in [5.74, 6) is 1.55. The van der Waals surface area contributed by atoms with Crippen LogP contribution in [-0.4, -0.2) is 97.3 Å². The number of aromatic nitrogens is 6. The first kappa shape index (κ1) is 46.0. The Kier molecular flexibility index (Phi) is 12.5. The largest absolute Gasteiger partial charge is 0.489 e. The van der Waals surface area contributed by atoms with Crippen LogP contribution in [0.15, 0.2) is 55.1 Å². The molecular weight excluding hydrogens is 880 g/mol. The predicted molar refractivity (Wildman–Crippen MR) is 249 cm³/mol. The summed E-state index contributed by atoms with van der Waals surface area (Å²) in [7, 11) is 1.77. The number of carbonyl (C=O) groups excluding carboxylic acids is 2. The summed E-state index contributed by atoms with van der Waals surface area (Å²) < 4.78 is 45.8. The van der Waals surface area contributed by atoms with Gasteiger partial charge in [-0.15, -0.1) is 0 Å². The van der Waals surface area contributed by atoms with Gasteiger partial charge in [-0.25, -0.2) is 18.7 Å². The van der Waals surface area contributed by atoms with Gasteiger partial charge in [0.05, 0.1) is 48.1 Å². The van der Waals surface area contributed by atoms with Gasteiger partial charge < -0.3 is 29.5 Å². The molecule has 0 unspecified atom stereocenters. The highest BCUT2D eigenvalue weighted by Gasteiger charge is 2.64. The lowest BCUT2D eigenvalue weighted by Gasteiger charge is -2.63. The maximum absolute atomic E-state index is 14.7. The molecule has 6 heterocycles. The van der Waals surface area contributed by atoms with E-state index >= 15 is 0 Å². The van der Waals surface area contributed by atoms with Crippen LogP contribution in [0.1, 0.15) is 98.6 Å². The van der Waals surface area contributed by atoms with Crippen LogP contribution in [0.4, 0.5) is 26.2 Å². The second-order valence-electron chi connectivity index (χ2n) is 19.3. The third-order valence-corrected chi connectivity index (χ3v) is 14.5. The van der Waals surface area contributed by atoms with E-state index in [9.17, 15) is 23.6 Å². The average molecular weight is 937 g/mol. The number of benzene rings is 2. The van der Waals surface area contributed by atoms with Gasteiger partial charge in [0.1, 0.15) is 17.9 Å². The number of amides is 2. The maximum Gasteiger partial charge on any atom is 0.264 e. The van der Waals surface area contributed by atoms with Crippen molar-refractivity contribution in [2.45, 2.75) is 104 Å². The Labute approximate surface area is 394 Å².